The maximum atomic E-state index is 12.1. The number of ether oxygens (including phenoxy) is 1. The van der Waals surface area contributed by atoms with E-state index in [1.54, 1.807) is 30.4 Å². The summed E-state index contributed by atoms with van der Waals surface area (Å²) in [5.74, 6) is -0.795. The van der Waals surface area contributed by atoms with Crippen LogP contribution in [0.25, 0.3) is 0 Å². The Morgan fingerprint density at radius 2 is 1.95 bits per heavy atom. The summed E-state index contributed by atoms with van der Waals surface area (Å²) in [6, 6.07) is 6.97. The predicted octanol–water partition coefficient (Wildman–Crippen LogP) is 2.53. The molecule has 0 unspecified atom stereocenters. The molecule has 0 aliphatic heterocycles. The van der Waals surface area contributed by atoms with Crippen molar-refractivity contribution in [2.45, 2.75) is 19.4 Å². The number of benzene rings is 1. The zero-order valence-corrected chi connectivity index (χ0v) is 12.5. The number of amides is 1. The van der Waals surface area contributed by atoms with Crippen LogP contribution >= 0.6 is 0 Å². The van der Waals surface area contributed by atoms with Crippen LogP contribution in [-0.4, -0.2) is 23.6 Å². The van der Waals surface area contributed by atoms with Crippen molar-refractivity contribution >= 4 is 11.9 Å². The van der Waals surface area contributed by atoms with Gasteiger partial charge in [0.1, 0.15) is 5.75 Å². The molecule has 0 atom stereocenters. The number of rotatable bonds is 10. The van der Waals surface area contributed by atoms with E-state index in [1.165, 1.54) is 0 Å². The zero-order valence-electron chi connectivity index (χ0n) is 12.5. The van der Waals surface area contributed by atoms with Crippen molar-refractivity contribution in [3.63, 3.8) is 0 Å². The highest BCUT2D eigenvalue weighted by Crippen LogP contribution is 2.14. The highest BCUT2D eigenvalue weighted by Gasteiger charge is 2.14. The quantitative estimate of drug-likeness (QED) is 0.651. The minimum absolute atomic E-state index is 0.0587. The van der Waals surface area contributed by atoms with Crippen molar-refractivity contribution < 1.29 is 19.4 Å². The van der Waals surface area contributed by atoms with Gasteiger partial charge in [0.05, 0.1) is 0 Å². The molecule has 0 fully saturated rings. The lowest BCUT2D eigenvalue weighted by Gasteiger charge is -2.13. The number of hydrogen-bond acceptors (Lipinski definition) is 3. The first kappa shape index (κ1) is 17.5. The van der Waals surface area contributed by atoms with Gasteiger partial charge in [-0.3, -0.25) is 4.79 Å². The molecule has 1 amide bonds. The number of allylic oxidation sites excluding steroid dienone is 2. The number of carbonyl (C=O) groups excluding carboxylic acids is 1. The number of hydrogen-bond donors (Lipinski definition) is 2. The van der Waals surface area contributed by atoms with Gasteiger partial charge < -0.3 is 15.2 Å². The second-order valence-electron chi connectivity index (χ2n) is 4.79. The minimum atomic E-state index is -1.03. The molecule has 22 heavy (non-hydrogen) atoms. The van der Waals surface area contributed by atoms with Gasteiger partial charge >= 0.3 is 5.97 Å². The normalized spacial score (nSPS) is 10.0. The van der Waals surface area contributed by atoms with Crippen LogP contribution in [0.4, 0.5) is 0 Å². The summed E-state index contributed by atoms with van der Waals surface area (Å²) >= 11 is 0. The van der Waals surface area contributed by atoms with E-state index in [0.717, 1.165) is 5.56 Å². The Hall–Kier alpha value is -2.56. The van der Waals surface area contributed by atoms with E-state index in [0.29, 0.717) is 25.1 Å². The van der Waals surface area contributed by atoms with E-state index in [2.05, 4.69) is 18.5 Å². The Morgan fingerprint density at radius 3 is 2.55 bits per heavy atom. The fourth-order valence-electron chi connectivity index (χ4n) is 1.94. The van der Waals surface area contributed by atoms with Crippen molar-refractivity contribution in [3.05, 3.63) is 55.1 Å². The van der Waals surface area contributed by atoms with E-state index < -0.39 is 12.6 Å². The van der Waals surface area contributed by atoms with Gasteiger partial charge in [-0.15, -0.1) is 13.2 Å². The maximum Gasteiger partial charge on any atom is 0.341 e. The summed E-state index contributed by atoms with van der Waals surface area (Å²) in [5.41, 5.74) is 0.840. The number of aliphatic carboxylic acids is 1. The van der Waals surface area contributed by atoms with Gasteiger partial charge in [0.2, 0.25) is 5.91 Å². The largest absolute Gasteiger partial charge is 0.482 e. The molecule has 0 spiro atoms. The topological polar surface area (TPSA) is 75.6 Å². The molecule has 0 aromatic heterocycles. The number of carboxylic acid groups (broad SMARTS) is 1. The van der Waals surface area contributed by atoms with Crippen LogP contribution in [0.3, 0.4) is 0 Å². The van der Waals surface area contributed by atoms with Crippen LogP contribution in [0.1, 0.15) is 18.4 Å². The molecule has 0 radical (unpaired) electrons. The smallest absolute Gasteiger partial charge is 0.341 e. The van der Waals surface area contributed by atoms with Crippen LogP contribution in [0.15, 0.2) is 49.6 Å². The Balaban J connectivity index is 2.57. The molecule has 1 aromatic rings. The molecule has 1 aromatic carbocycles. The van der Waals surface area contributed by atoms with Crippen molar-refractivity contribution in [1.29, 1.82) is 0 Å². The lowest BCUT2D eigenvalue weighted by Crippen LogP contribution is -2.29. The Labute approximate surface area is 130 Å². The summed E-state index contributed by atoms with van der Waals surface area (Å²) in [5, 5.41) is 11.4. The molecule has 118 valence electrons. The van der Waals surface area contributed by atoms with Crippen molar-refractivity contribution in [1.82, 2.24) is 5.32 Å². The molecule has 0 heterocycles. The van der Waals surface area contributed by atoms with Crippen molar-refractivity contribution in [2.24, 2.45) is 5.92 Å². The first-order valence-corrected chi connectivity index (χ1v) is 6.99. The first-order valence-electron chi connectivity index (χ1n) is 6.99. The highest BCUT2D eigenvalue weighted by molar-refractivity contribution is 5.79. The molecule has 5 nitrogen and oxygen atoms in total. The number of nitrogens with one attached hydrogen (secondary N) is 1. The molecule has 0 bridgehead atoms. The van der Waals surface area contributed by atoms with Gasteiger partial charge in [-0.1, -0.05) is 24.3 Å². The van der Waals surface area contributed by atoms with Crippen LogP contribution in [0.2, 0.25) is 0 Å². The minimum Gasteiger partial charge on any atom is -0.482 e. The fraction of sp³-hybridized carbons (Fsp3) is 0.294. The average Bonchev–Trinajstić information content (AvgIpc) is 2.51. The molecule has 0 saturated carbocycles. The standard InChI is InChI=1S/C17H21NO4/c1-3-6-14(7-4-2)17(21)18-11-13-8-5-9-15(10-13)22-12-16(19)20/h3-5,8-10,14H,1-2,6-7,11-12H2,(H,18,21)(H,19,20). The van der Waals surface area contributed by atoms with E-state index in [-0.39, 0.29) is 11.8 Å². The summed E-state index contributed by atoms with van der Waals surface area (Å²) < 4.78 is 5.10. The molecule has 0 aliphatic carbocycles. The van der Waals surface area contributed by atoms with Gasteiger partial charge in [0, 0.05) is 12.5 Å². The summed E-state index contributed by atoms with van der Waals surface area (Å²) in [4.78, 5) is 22.6. The molecular weight excluding hydrogens is 282 g/mol. The van der Waals surface area contributed by atoms with E-state index in [9.17, 15) is 9.59 Å². The fourth-order valence-corrected chi connectivity index (χ4v) is 1.94. The third kappa shape index (κ3) is 6.26. The van der Waals surface area contributed by atoms with Crippen LogP contribution < -0.4 is 10.1 Å². The van der Waals surface area contributed by atoms with E-state index in [4.69, 9.17) is 9.84 Å². The summed E-state index contributed by atoms with van der Waals surface area (Å²) in [7, 11) is 0. The van der Waals surface area contributed by atoms with Gasteiger partial charge in [0.25, 0.3) is 0 Å². The Kier molecular flexibility index (Phi) is 7.47. The van der Waals surface area contributed by atoms with Crippen LogP contribution in [-0.2, 0) is 16.1 Å². The van der Waals surface area contributed by atoms with Crippen molar-refractivity contribution in [2.75, 3.05) is 6.61 Å². The van der Waals surface area contributed by atoms with Crippen LogP contribution in [0.5, 0.6) is 5.75 Å². The molecule has 0 aliphatic rings. The molecular formula is C17H21NO4. The Morgan fingerprint density at radius 1 is 1.27 bits per heavy atom. The maximum absolute atomic E-state index is 12.1. The average molecular weight is 303 g/mol. The summed E-state index contributed by atoms with van der Waals surface area (Å²) in [6.45, 7) is 7.26. The molecule has 1 rings (SSSR count). The van der Waals surface area contributed by atoms with Gasteiger partial charge in [-0.25, -0.2) is 4.79 Å². The van der Waals surface area contributed by atoms with E-state index in [1.807, 2.05) is 6.07 Å². The van der Waals surface area contributed by atoms with Gasteiger partial charge in [-0.2, -0.15) is 0 Å². The summed E-state index contributed by atoms with van der Waals surface area (Å²) in [6.07, 6.45) is 4.63. The molecule has 0 saturated heterocycles. The second-order valence-corrected chi connectivity index (χ2v) is 4.79. The van der Waals surface area contributed by atoms with Gasteiger partial charge in [-0.05, 0) is 30.5 Å². The monoisotopic (exact) mass is 303 g/mol. The van der Waals surface area contributed by atoms with E-state index >= 15 is 0 Å². The second kappa shape index (κ2) is 9.39. The van der Waals surface area contributed by atoms with Crippen molar-refractivity contribution in [3.8, 4) is 5.75 Å². The zero-order chi connectivity index (χ0) is 16.4. The third-order valence-electron chi connectivity index (χ3n) is 3.00. The predicted molar refractivity (Wildman–Crippen MR) is 84.5 cm³/mol. The first-order chi connectivity index (χ1) is 10.6. The SMILES string of the molecule is C=CCC(CC=C)C(=O)NCc1cccc(OCC(=O)O)c1. The lowest BCUT2D eigenvalue weighted by atomic mass is 10.0. The number of carboxylic acids is 1. The van der Waals surface area contributed by atoms with Gasteiger partial charge in [0.15, 0.2) is 6.61 Å². The molecule has 5 heteroatoms. The Bertz CT molecular complexity index is 529. The lowest BCUT2D eigenvalue weighted by molar-refractivity contribution is -0.139. The highest BCUT2D eigenvalue weighted by atomic mass is 16.5. The number of carbonyl (C=O) groups is 2. The molecule has 2 N–H and O–H groups in total. The third-order valence-corrected chi connectivity index (χ3v) is 3.00. The van der Waals surface area contributed by atoms with Crippen LogP contribution in [0, 0.1) is 5.92 Å².